The molecule has 2 unspecified atom stereocenters. The molecule has 2 aromatic carbocycles. The highest BCUT2D eigenvalue weighted by Gasteiger charge is 2.48. The van der Waals surface area contributed by atoms with Crippen LogP contribution in [0.3, 0.4) is 0 Å². The van der Waals surface area contributed by atoms with Gasteiger partial charge in [-0.15, -0.1) is 0 Å². The minimum Gasteiger partial charge on any atom is -0.508 e. The van der Waals surface area contributed by atoms with E-state index in [1.165, 1.54) is 73.0 Å². The number of H-pyrrole nitrogens is 1. The Kier molecular flexibility index (Phi) is 4.02. The maximum atomic E-state index is 10.2. The van der Waals surface area contributed by atoms with E-state index in [0.717, 1.165) is 18.8 Å². The van der Waals surface area contributed by atoms with Crippen molar-refractivity contribution in [2.24, 2.45) is 11.8 Å². The molecule has 0 spiro atoms. The Hall–Kier alpha value is -2.26. The largest absolute Gasteiger partial charge is 0.508 e. The number of para-hydroxylation sites is 1. The number of piperidine rings is 1. The summed E-state index contributed by atoms with van der Waals surface area (Å²) in [6.07, 6.45) is 7.64. The van der Waals surface area contributed by atoms with Crippen LogP contribution in [0.15, 0.2) is 48.5 Å². The van der Waals surface area contributed by atoms with E-state index in [1.54, 1.807) is 6.07 Å². The number of aromatic hydroxyl groups is 1. The summed E-state index contributed by atoms with van der Waals surface area (Å²) in [5.74, 6) is 1.93. The second-order valence-electron chi connectivity index (χ2n) is 9.72. The first-order valence-corrected chi connectivity index (χ1v) is 11.3. The van der Waals surface area contributed by atoms with Crippen molar-refractivity contribution in [1.82, 2.24) is 9.88 Å². The lowest BCUT2D eigenvalue weighted by molar-refractivity contribution is 0.0592. The van der Waals surface area contributed by atoms with Gasteiger partial charge in [0, 0.05) is 35.1 Å². The molecule has 1 aromatic heterocycles. The van der Waals surface area contributed by atoms with E-state index >= 15 is 0 Å². The molecule has 3 aromatic rings. The van der Waals surface area contributed by atoms with Gasteiger partial charge < -0.3 is 15.0 Å². The molecule has 150 valence electrons. The molecule has 0 bridgehead atoms. The van der Waals surface area contributed by atoms with Gasteiger partial charge >= 0.3 is 0 Å². The number of nitrogens with one attached hydrogen (secondary N) is 1. The summed E-state index contributed by atoms with van der Waals surface area (Å²) < 4.78 is 0. The van der Waals surface area contributed by atoms with Crippen LogP contribution in [0.25, 0.3) is 10.9 Å². The van der Waals surface area contributed by atoms with Crippen molar-refractivity contribution in [2.75, 3.05) is 19.6 Å². The van der Waals surface area contributed by atoms with E-state index in [-0.39, 0.29) is 5.41 Å². The molecular weight excluding hydrogens is 356 g/mol. The number of benzene rings is 2. The van der Waals surface area contributed by atoms with Crippen LogP contribution < -0.4 is 0 Å². The fourth-order valence-corrected chi connectivity index (χ4v) is 6.34. The molecule has 2 heterocycles. The van der Waals surface area contributed by atoms with Crippen LogP contribution in [0.1, 0.15) is 42.5 Å². The fraction of sp³-hybridized carbons (Fsp3) is 0.462. The van der Waals surface area contributed by atoms with Crippen molar-refractivity contribution in [2.45, 2.75) is 43.9 Å². The van der Waals surface area contributed by atoms with Gasteiger partial charge in [0.25, 0.3) is 0 Å². The van der Waals surface area contributed by atoms with E-state index in [4.69, 9.17) is 0 Å². The zero-order chi connectivity index (χ0) is 19.4. The number of likely N-dealkylation sites (tertiary alicyclic amines) is 1. The van der Waals surface area contributed by atoms with Crippen molar-refractivity contribution in [3.05, 3.63) is 65.4 Å². The molecule has 29 heavy (non-hydrogen) atoms. The summed E-state index contributed by atoms with van der Waals surface area (Å²) in [7, 11) is 0. The average Bonchev–Trinajstić information content (AvgIpc) is 3.06. The Morgan fingerprint density at radius 3 is 2.83 bits per heavy atom. The predicted octanol–water partition coefficient (Wildman–Crippen LogP) is 5.03. The van der Waals surface area contributed by atoms with Crippen molar-refractivity contribution < 1.29 is 5.11 Å². The van der Waals surface area contributed by atoms with Gasteiger partial charge in [0.05, 0.1) is 0 Å². The van der Waals surface area contributed by atoms with Crippen LogP contribution in [0.2, 0.25) is 0 Å². The first-order chi connectivity index (χ1) is 14.2. The van der Waals surface area contributed by atoms with Gasteiger partial charge in [-0.1, -0.05) is 36.8 Å². The van der Waals surface area contributed by atoms with Crippen LogP contribution in [0.5, 0.6) is 5.75 Å². The topological polar surface area (TPSA) is 39.3 Å². The molecule has 1 saturated carbocycles. The SMILES string of the molecule is Oc1cccc(C23CCN(CC4CCC4)CC2Cc2c([nH]c4ccccc24)C3)c1. The van der Waals surface area contributed by atoms with E-state index in [2.05, 4.69) is 40.2 Å². The molecule has 3 heteroatoms. The molecule has 6 rings (SSSR count). The Morgan fingerprint density at radius 1 is 1.10 bits per heavy atom. The highest BCUT2D eigenvalue weighted by Crippen LogP contribution is 2.49. The summed E-state index contributed by atoms with van der Waals surface area (Å²) in [5.41, 5.74) is 5.68. The van der Waals surface area contributed by atoms with Gasteiger partial charge in [-0.2, -0.15) is 0 Å². The highest BCUT2D eigenvalue weighted by molar-refractivity contribution is 5.85. The number of fused-ring (bicyclic) bond motifs is 4. The number of phenolic OH excluding ortho intramolecular Hbond substituents is 1. The third-order valence-electron chi connectivity index (χ3n) is 8.14. The number of aromatic amines is 1. The minimum atomic E-state index is 0.128. The molecular formula is C26H30N2O. The quantitative estimate of drug-likeness (QED) is 0.662. The zero-order valence-corrected chi connectivity index (χ0v) is 17.0. The van der Waals surface area contributed by atoms with E-state index < -0.39 is 0 Å². The molecule has 3 nitrogen and oxygen atoms in total. The van der Waals surface area contributed by atoms with Crippen LogP contribution in [-0.4, -0.2) is 34.6 Å². The number of nitrogens with zero attached hydrogens (tertiary/aromatic N) is 1. The monoisotopic (exact) mass is 386 g/mol. The summed E-state index contributed by atoms with van der Waals surface area (Å²) >= 11 is 0. The Bertz CT molecular complexity index is 1050. The summed E-state index contributed by atoms with van der Waals surface area (Å²) in [5, 5.41) is 11.6. The second kappa shape index (κ2) is 6.63. The van der Waals surface area contributed by atoms with Crippen LogP contribution in [0.4, 0.5) is 0 Å². The van der Waals surface area contributed by atoms with Gasteiger partial charge in [-0.3, -0.25) is 0 Å². The fourth-order valence-electron chi connectivity index (χ4n) is 6.34. The normalized spacial score (nSPS) is 27.4. The van der Waals surface area contributed by atoms with Crippen LogP contribution in [-0.2, 0) is 18.3 Å². The predicted molar refractivity (Wildman–Crippen MR) is 117 cm³/mol. The van der Waals surface area contributed by atoms with Crippen molar-refractivity contribution in [3.8, 4) is 5.75 Å². The van der Waals surface area contributed by atoms with E-state index in [1.807, 2.05) is 12.1 Å². The number of hydrogen-bond donors (Lipinski definition) is 2. The van der Waals surface area contributed by atoms with Gasteiger partial charge in [0.15, 0.2) is 0 Å². The molecule has 2 aliphatic carbocycles. The Balaban J connectivity index is 1.41. The minimum absolute atomic E-state index is 0.128. The third kappa shape index (κ3) is 2.82. The van der Waals surface area contributed by atoms with Crippen LogP contribution >= 0.6 is 0 Å². The maximum Gasteiger partial charge on any atom is 0.115 e. The first kappa shape index (κ1) is 17.6. The standard InChI is InChI=1S/C26H30N2O/c29-21-8-4-7-19(13-21)26-11-12-28(16-18-5-3-6-18)17-20(26)14-23-22-9-1-2-10-24(22)27-25(23)15-26/h1-2,4,7-10,13,18,20,27,29H,3,5-6,11-12,14-17H2. The van der Waals surface area contributed by atoms with Crippen molar-refractivity contribution in [3.63, 3.8) is 0 Å². The summed E-state index contributed by atoms with van der Waals surface area (Å²) in [6, 6.07) is 16.9. The van der Waals surface area contributed by atoms with Crippen LogP contribution in [0, 0.1) is 11.8 Å². The van der Waals surface area contributed by atoms with E-state index in [9.17, 15) is 5.11 Å². The number of aromatic nitrogens is 1. The summed E-state index contributed by atoms with van der Waals surface area (Å²) in [4.78, 5) is 6.49. The molecule has 3 aliphatic rings. The second-order valence-corrected chi connectivity index (χ2v) is 9.72. The lowest BCUT2D eigenvalue weighted by atomic mass is 9.58. The van der Waals surface area contributed by atoms with Gasteiger partial charge in [0.1, 0.15) is 5.75 Å². The molecule has 0 amide bonds. The summed E-state index contributed by atoms with van der Waals surface area (Å²) in [6.45, 7) is 3.65. The Morgan fingerprint density at radius 2 is 2.00 bits per heavy atom. The highest BCUT2D eigenvalue weighted by atomic mass is 16.3. The zero-order valence-electron chi connectivity index (χ0n) is 17.0. The van der Waals surface area contributed by atoms with Crippen molar-refractivity contribution in [1.29, 1.82) is 0 Å². The lowest BCUT2D eigenvalue weighted by Crippen LogP contribution is -2.54. The maximum absolute atomic E-state index is 10.2. The molecule has 1 aliphatic heterocycles. The molecule has 2 N–H and O–H groups in total. The molecule has 2 fully saturated rings. The van der Waals surface area contributed by atoms with E-state index in [0.29, 0.717) is 11.7 Å². The van der Waals surface area contributed by atoms with Gasteiger partial charge in [0.2, 0.25) is 0 Å². The number of rotatable bonds is 3. The number of hydrogen-bond acceptors (Lipinski definition) is 2. The molecule has 2 atom stereocenters. The van der Waals surface area contributed by atoms with Crippen molar-refractivity contribution >= 4 is 10.9 Å². The van der Waals surface area contributed by atoms with Gasteiger partial charge in [-0.05, 0) is 79.8 Å². The smallest absolute Gasteiger partial charge is 0.115 e. The molecule has 1 saturated heterocycles. The van der Waals surface area contributed by atoms with Gasteiger partial charge in [-0.25, -0.2) is 0 Å². The lowest BCUT2D eigenvalue weighted by Gasteiger charge is -2.52. The Labute approximate surface area is 172 Å². The first-order valence-electron chi connectivity index (χ1n) is 11.3. The average molecular weight is 387 g/mol. The number of phenols is 1. The third-order valence-corrected chi connectivity index (χ3v) is 8.14. The molecule has 0 radical (unpaired) electrons.